The lowest BCUT2D eigenvalue weighted by molar-refractivity contribution is 0.414. The number of nitrogens with zero attached hydrogens (tertiary/aromatic N) is 3. The monoisotopic (exact) mass is 340 g/mol. The largest absolute Gasteiger partial charge is 0.497 e. The lowest BCUT2D eigenvalue weighted by Gasteiger charge is -2.36. The number of nitrogens with one attached hydrogen (secondary N) is 1. The Balaban J connectivity index is 1.72. The second-order valence-corrected chi connectivity index (χ2v) is 6.61. The highest BCUT2D eigenvalue weighted by molar-refractivity contribution is 5.50. The minimum Gasteiger partial charge on any atom is -0.497 e. The van der Waals surface area contributed by atoms with E-state index < -0.39 is 0 Å². The van der Waals surface area contributed by atoms with E-state index in [0.29, 0.717) is 6.04 Å². The van der Waals surface area contributed by atoms with Crippen molar-refractivity contribution in [3.63, 3.8) is 0 Å². The van der Waals surface area contributed by atoms with E-state index in [9.17, 15) is 0 Å². The first-order chi connectivity index (χ1) is 12.2. The van der Waals surface area contributed by atoms with Crippen molar-refractivity contribution in [2.24, 2.45) is 0 Å². The summed E-state index contributed by atoms with van der Waals surface area (Å²) in [6.07, 6.45) is 4.99. The fourth-order valence-corrected chi connectivity index (χ4v) is 3.45. The molecule has 2 aromatic rings. The van der Waals surface area contributed by atoms with Crippen molar-refractivity contribution in [3.8, 4) is 5.75 Å². The van der Waals surface area contributed by atoms with Gasteiger partial charge in [-0.25, -0.2) is 9.97 Å². The first-order valence-electron chi connectivity index (χ1n) is 9.18. The molecule has 0 bridgehead atoms. The Bertz CT molecular complexity index is 687. The lowest BCUT2D eigenvalue weighted by Crippen LogP contribution is -2.39. The number of methoxy groups -OCH3 is 1. The van der Waals surface area contributed by atoms with Crippen LogP contribution in [-0.2, 0) is 6.54 Å². The van der Waals surface area contributed by atoms with Gasteiger partial charge >= 0.3 is 0 Å². The van der Waals surface area contributed by atoms with Crippen molar-refractivity contribution in [1.82, 2.24) is 9.97 Å². The fraction of sp³-hybridized carbons (Fsp3) is 0.500. The van der Waals surface area contributed by atoms with Crippen molar-refractivity contribution >= 4 is 11.6 Å². The summed E-state index contributed by atoms with van der Waals surface area (Å²) in [7, 11) is 1.68. The van der Waals surface area contributed by atoms with Crippen LogP contribution in [-0.4, -0.2) is 29.7 Å². The number of rotatable bonds is 6. The molecule has 5 heteroatoms. The predicted molar refractivity (Wildman–Crippen MR) is 102 cm³/mol. The highest BCUT2D eigenvalue weighted by Gasteiger charge is 2.22. The van der Waals surface area contributed by atoms with Crippen molar-refractivity contribution < 1.29 is 4.74 Å². The lowest BCUT2D eigenvalue weighted by atomic mass is 10.00. The van der Waals surface area contributed by atoms with Crippen LogP contribution in [0, 0.1) is 6.92 Å². The molecule has 1 aromatic heterocycles. The van der Waals surface area contributed by atoms with E-state index in [1.54, 1.807) is 7.11 Å². The van der Waals surface area contributed by atoms with Gasteiger partial charge in [0.05, 0.1) is 7.11 Å². The van der Waals surface area contributed by atoms with E-state index in [4.69, 9.17) is 9.72 Å². The zero-order valence-electron chi connectivity index (χ0n) is 15.5. The molecule has 0 spiro atoms. The summed E-state index contributed by atoms with van der Waals surface area (Å²) >= 11 is 0. The molecule has 1 fully saturated rings. The number of piperidine rings is 1. The summed E-state index contributed by atoms with van der Waals surface area (Å²) < 4.78 is 5.20. The molecule has 3 rings (SSSR count). The van der Waals surface area contributed by atoms with Crippen LogP contribution in [0.2, 0.25) is 0 Å². The van der Waals surface area contributed by atoms with Crippen molar-refractivity contribution in [1.29, 1.82) is 0 Å². The van der Waals surface area contributed by atoms with Gasteiger partial charge in [-0.2, -0.15) is 0 Å². The van der Waals surface area contributed by atoms with E-state index >= 15 is 0 Å². The number of aryl methyl sites for hydroxylation is 1. The minimum absolute atomic E-state index is 0.595. The van der Waals surface area contributed by atoms with Gasteiger partial charge in [0, 0.05) is 25.2 Å². The number of ether oxygens (including phenoxy) is 1. The van der Waals surface area contributed by atoms with Gasteiger partial charge in [0.15, 0.2) is 0 Å². The SMILES string of the molecule is CCC1CCCCN1c1cc(NCc2ccc(OC)cc2)nc(C)n1. The molecule has 0 radical (unpaired) electrons. The molecule has 0 aliphatic carbocycles. The Morgan fingerprint density at radius 1 is 1.20 bits per heavy atom. The van der Waals surface area contributed by atoms with Crippen molar-refractivity contribution in [2.45, 2.75) is 52.1 Å². The molecular weight excluding hydrogens is 312 g/mol. The second-order valence-electron chi connectivity index (χ2n) is 6.61. The van der Waals surface area contributed by atoms with Crippen LogP contribution >= 0.6 is 0 Å². The number of benzene rings is 1. The van der Waals surface area contributed by atoms with Gasteiger partial charge in [0.25, 0.3) is 0 Å². The quantitative estimate of drug-likeness (QED) is 0.855. The maximum atomic E-state index is 5.20. The van der Waals surface area contributed by atoms with Crippen LogP contribution in [0.4, 0.5) is 11.6 Å². The molecule has 0 amide bonds. The highest BCUT2D eigenvalue weighted by Crippen LogP contribution is 2.26. The fourth-order valence-electron chi connectivity index (χ4n) is 3.45. The zero-order valence-corrected chi connectivity index (χ0v) is 15.5. The third-order valence-corrected chi connectivity index (χ3v) is 4.85. The minimum atomic E-state index is 0.595. The smallest absolute Gasteiger partial charge is 0.134 e. The van der Waals surface area contributed by atoms with Crippen LogP contribution in [0.1, 0.15) is 44.0 Å². The van der Waals surface area contributed by atoms with E-state index in [1.807, 2.05) is 19.1 Å². The molecule has 1 saturated heterocycles. The molecule has 1 aromatic carbocycles. The normalized spacial score (nSPS) is 17.4. The molecule has 0 saturated carbocycles. The molecule has 1 N–H and O–H groups in total. The first kappa shape index (κ1) is 17.5. The summed E-state index contributed by atoms with van der Waals surface area (Å²) in [5.74, 6) is 3.63. The molecule has 1 aliphatic heterocycles. The van der Waals surface area contributed by atoms with Gasteiger partial charge in [-0.05, 0) is 50.3 Å². The van der Waals surface area contributed by atoms with Gasteiger partial charge in [-0.1, -0.05) is 19.1 Å². The van der Waals surface area contributed by atoms with Crippen LogP contribution in [0.3, 0.4) is 0 Å². The van der Waals surface area contributed by atoms with Gasteiger partial charge < -0.3 is 15.0 Å². The highest BCUT2D eigenvalue weighted by atomic mass is 16.5. The van der Waals surface area contributed by atoms with Gasteiger partial charge in [-0.15, -0.1) is 0 Å². The van der Waals surface area contributed by atoms with Crippen molar-refractivity contribution in [3.05, 3.63) is 41.7 Å². The Labute approximate surface area is 150 Å². The van der Waals surface area contributed by atoms with Gasteiger partial charge in [0.2, 0.25) is 0 Å². The molecule has 1 unspecified atom stereocenters. The third-order valence-electron chi connectivity index (χ3n) is 4.85. The summed E-state index contributed by atoms with van der Waals surface area (Å²) in [5.41, 5.74) is 1.20. The first-order valence-corrected chi connectivity index (χ1v) is 9.18. The maximum absolute atomic E-state index is 5.20. The number of hydrogen-bond donors (Lipinski definition) is 1. The number of aromatic nitrogens is 2. The molecule has 134 valence electrons. The summed E-state index contributed by atoms with van der Waals surface area (Å²) in [4.78, 5) is 11.7. The van der Waals surface area contributed by atoms with E-state index in [-0.39, 0.29) is 0 Å². The summed E-state index contributed by atoms with van der Waals surface area (Å²) in [6, 6.07) is 10.8. The topological polar surface area (TPSA) is 50.3 Å². The van der Waals surface area contributed by atoms with E-state index in [0.717, 1.165) is 42.7 Å². The second kappa shape index (κ2) is 8.19. The molecule has 1 atom stereocenters. The van der Waals surface area contributed by atoms with E-state index in [1.165, 1.54) is 24.8 Å². The van der Waals surface area contributed by atoms with Gasteiger partial charge in [0.1, 0.15) is 23.2 Å². The van der Waals surface area contributed by atoms with Crippen LogP contribution in [0.25, 0.3) is 0 Å². The Kier molecular flexibility index (Phi) is 5.74. The van der Waals surface area contributed by atoms with Crippen LogP contribution in [0.15, 0.2) is 30.3 Å². The number of hydrogen-bond acceptors (Lipinski definition) is 5. The van der Waals surface area contributed by atoms with Crippen LogP contribution in [0.5, 0.6) is 5.75 Å². The molecular formula is C20H28N4O. The summed E-state index contributed by atoms with van der Waals surface area (Å²) in [6.45, 7) is 6.05. The van der Waals surface area contributed by atoms with E-state index in [2.05, 4.69) is 40.3 Å². The third kappa shape index (κ3) is 4.41. The maximum Gasteiger partial charge on any atom is 0.134 e. The molecule has 5 nitrogen and oxygen atoms in total. The molecule has 2 heterocycles. The summed E-state index contributed by atoms with van der Waals surface area (Å²) in [5, 5.41) is 3.43. The Morgan fingerprint density at radius 2 is 2.00 bits per heavy atom. The standard InChI is InChI=1S/C20H28N4O/c1-4-17-7-5-6-12-24(17)20-13-19(22-15(2)23-20)21-14-16-8-10-18(25-3)11-9-16/h8-11,13,17H,4-7,12,14H2,1-3H3,(H,21,22,23). The predicted octanol–water partition coefficient (Wildman–Crippen LogP) is 4.17. The average Bonchev–Trinajstić information content (AvgIpc) is 2.66. The van der Waals surface area contributed by atoms with Crippen LogP contribution < -0.4 is 15.0 Å². The number of anilines is 2. The van der Waals surface area contributed by atoms with Gasteiger partial charge in [-0.3, -0.25) is 0 Å². The van der Waals surface area contributed by atoms with Crippen molar-refractivity contribution in [2.75, 3.05) is 23.9 Å². The average molecular weight is 340 g/mol. The Morgan fingerprint density at radius 3 is 2.72 bits per heavy atom. The Hall–Kier alpha value is -2.30. The molecule has 25 heavy (non-hydrogen) atoms. The molecule has 1 aliphatic rings. The zero-order chi connectivity index (χ0) is 17.6.